The minimum Gasteiger partial charge on any atom is -0.364 e. The highest BCUT2D eigenvalue weighted by atomic mass is 19.4. The first-order valence-electron chi connectivity index (χ1n) is 7.37. The zero-order valence-electron chi connectivity index (χ0n) is 12.6. The largest absolute Gasteiger partial charge is 0.453 e. The molecule has 0 bridgehead atoms. The molecule has 24 heavy (non-hydrogen) atoms. The number of nitrogens with zero attached hydrogens (tertiary/aromatic N) is 7. The summed E-state index contributed by atoms with van der Waals surface area (Å²) in [6.07, 6.45) is -3.06. The quantitative estimate of drug-likeness (QED) is 0.762. The number of nitrogens with one attached hydrogen (secondary N) is 1. The lowest BCUT2D eigenvalue weighted by atomic mass is 10.1. The van der Waals surface area contributed by atoms with E-state index in [2.05, 4.69) is 30.8 Å². The molecule has 0 aliphatic carbocycles. The van der Waals surface area contributed by atoms with Crippen molar-refractivity contribution in [2.45, 2.75) is 38.5 Å². The summed E-state index contributed by atoms with van der Waals surface area (Å²) in [5.41, 5.74) is 0.0495. The maximum Gasteiger partial charge on any atom is 0.453 e. The normalized spacial score (nSPS) is 17.9. The Morgan fingerprint density at radius 1 is 1.17 bits per heavy atom. The van der Waals surface area contributed by atoms with E-state index in [4.69, 9.17) is 0 Å². The van der Waals surface area contributed by atoms with E-state index in [1.807, 2.05) is 11.5 Å². The summed E-state index contributed by atoms with van der Waals surface area (Å²) in [7, 11) is 0. The van der Waals surface area contributed by atoms with E-state index in [0.29, 0.717) is 16.9 Å². The lowest BCUT2D eigenvalue weighted by molar-refractivity contribution is -0.146. The van der Waals surface area contributed by atoms with Gasteiger partial charge in [-0.1, -0.05) is 0 Å². The van der Waals surface area contributed by atoms with E-state index in [9.17, 15) is 13.2 Å². The molecular formula is C13H13F3N8. The van der Waals surface area contributed by atoms with Crippen molar-refractivity contribution in [2.75, 3.05) is 5.32 Å². The Balaban J connectivity index is 1.60. The fraction of sp³-hybridized carbons (Fsp3) is 0.462. The van der Waals surface area contributed by atoms with Crippen LogP contribution in [-0.2, 0) is 19.1 Å². The third kappa shape index (κ3) is 2.45. The maximum atomic E-state index is 12.9. The van der Waals surface area contributed by atoms with E-state index in [-0.39, 0.29) is 11.7 Å². The number of alkyl halides is 3. The number of anilines is 1. The molecule has 1 aliphatic rings. The number of aryl methyl sites for hydroxylation is 2. The van der Waals surface area contributed by atoms with Crippen molar-refractivity contribution < 1.29 is 13.2 Å². The smallest absolute Gasteiger partial charge is 0.364 e. The summed E-state index contributed by atoms with van der Waals surface area (Å²) < 4.78 is 41.5. The molecule has 0 fully saturated rings. The van der Waals surface area contributed by atoms with Crippen molar-refractivity contribution >= 4 is 11.5 Å². The van der Waals surface area contributed by atoms with E-state index >= 15 is 0 Å². The molecule has 8 nitrogen and oxygen atoms in total. The molecule has 0 radical (unpaired) electrons. The number of hydrogen-bond acceptors (Lipinski definition) is 6. The van der Waals surface area contributed by atoms with E-state index in [1.165, 1.54) is 6.07 Å². The van der Waals surface area contributed by atoms with Crippen LogP contribution in [0, 0.1) is 6.92 Å². The Bertz CT molecular complexity index is 896. The van der Waals surface area contributed by atoms with Gasteiger partial charge in [-0.05, 0) is 25.5 Å². The van der Waals surface area contributed by atoms with Crippen LogP contribution in [0.15, 0.2) is 12.1 Å². The Labute approximate surface area is 133 Å². The van der Waals surface area contributed by atoms with Gasteiger partial charge in [0.2, 0.25) is 0 Å². The van der Waals surface area contributed by atoms with Crippen molar-refractivity contribution in [3.05, 3.63) is 29.6 Å². The Morgan fingerprint density at radius 2 is 2.00 bits per heavy atom. The molecule has 1 aliphatic heterocycles. The third-order valence-corrected chi connectivity index (χ3v) is 4.00. The summed E-state index contributed by atoms with van der Waals surface area (Å²) in [6, 6.07) is 3.08. The molecule has 11 heteroatoms. The molecule has 0 unspecified atom stereocenters. The lowest BCUT2D eigenvalue weighted by Crippen LogP contribution is -2.32. The average Bonchev–Trinajstić information content (AvgIpc) is 3.11. The van der Waals surface area contributed by atoms with E-state index < -0.39 is 12.0 Å². The van der Waals surface area contributed by atoms with Crippen molar-refractivity contribution in [3.8, 4) is 0 Å². The van der Waals surface area contributed by atoms with Crippen LogP contribution in [0.1, 0.15) is 23.9 Å². The monoisotopic (exact) mass is 338 g/mol. The first-order valence-corrected chi connectivity index (χ1v) is 7.37. The Hall–Kier alpha value is -2.72. The van der Waals surface area contributed by atoms with Crippen LogP contribution in [0.25, 0.3) is 5.65 Å². The second-order valence-electron chi connectivity index (χ2n) is 5.66. The second-order valence-corrected chi connectivity index (χ2v) is 5.66. The predicted octanol–water partition coefficient (Wildman–Crippen LogP) is 1.47. The Kier molecular flexibility index (Phi) is 3.18. The highest BCUT2D eigenvalue weighted by molar-refractivity contribution is 5.44. The van der Waals surface area contributed by atoms with E-state index in [0.717, 1.165) is 24.5 Å². The fourth-order valence-electron chi connectivity index (χ4n) is 2.83. The van der Waals surface area contributed by atoms with Crippen molar-refractivity contribution in [3.63, 3.8) is 0 Å². The molecule has 3 aromatic rings. The zero-order chi connectivity index (χ0) is 16.9. The van der Waals surface area contributed by atoms with Crippen molar-refractivity contribution in [1.29, 1.82) is 0 Å². The SMILES string of the molecule is Cc1nnc2n1C[C@H](Nc1ccc3nnc(C(F)(F)F)n3n1)CC2. The van der Waals surface area contributed by atoms with Crippen LogP contribution < -0.4 is 5.32 Å². The van der Waals surface area contributed by atoms with Gasteiger partial charge in [0.1, 0.15) is 17.5 Å². The molecule has 0 spiro atoms. The standard InChI is InChI=1S/C13H13F3N8/c1-7-18-19-10-4-2-8(6-23(7)10)17-9-3-5-11-20-21-12(13(14,15)16)24(11)22-9/h3,5,8H,2,4,6H2,1H3,(H,17,22)/t8-/m1/s1. The van der Waals surface area contributed by atoms with E-state index in [1.54, 1.807) is 6.07 Å². The molecule has 0 saturated carbocycles. The van der Waals surface area contributed by atoms with Crippen LogP contribution >= 0.6 is 0 Å². The van der Waals surface area contributed by atoms with Gasteiger partial charge in [-0.3, -0.25) is 0 Å². The number of fused-ring (bicyclic) bond motifs is 2. The summed E-state index contributed by atoms with van der Waals surface area (Å²) in [6.45, 7) is 2.51. The molecule has 0 aromatic carbocycles. The summed E-state index contributed by atoms with van der Waals surface area (Å²) >= 11 is 0. The maximum absolute atomic E-state index is 12.9. The first-order chi connectivity index (χ1) is 11.4. The molecule has 1 N–H and O–H groups in total. The zero-order valence-corrected chi connectivity index (χ0v) is 12.6. The summed E-state index contributed by atoms with van der Waals surface area (Å²) in [5.74, 6) is 0.943. The minimum atomic E-state index is -4.61. The van der Waals surface area contributed by atoms with Gasteiger partial charge < -0.3 is 9.88 Å². The predicted molar refractivity (Wildman–Crippen MR) is 76.3 cm³/mol. The molecule has 0 saturated heterocycles. The lowest BCUT2D eigenvalue weighted by Gasteiger charge is -2.25. The molecule has 4 rings (SSSR count). The number of aromatic nitrogens is 7. The average molecular weight is 338 g/mol. The van der Waals surface area contributed by atoms with Crippen molar-refractivity contribution in [2.24, 2.45) is 0 Å². The van der Waals surface area contributed by atoms with Gasteiger partial charge in [-0.15, -0.1) is 25.5 Å². The molecule has 3 aromatic heterocycles. The highest BCUT2D eigenvalue weighted by Crippen LogP contribution is 2.27. The van der Waals surface area contributed by atoms with Crippen LogP contribution in [0.4, 0.5) is 19.0 Å². The minimum absolute atomic E-state index is 0.0305. The van der Waals surface area contributed by atoms with Gasteiger partial charge in [0.05, 0.1) is 0 Å². The van der Waals surface area contributed by atoms with Gasteiger partial charge >= 0.3 is 6.18 Å². The molecule has 0 amide bonds. The molecule has 4 heterocycles. The van der Waals surface area contributed by atoms with Gasteiger partial charge in [0.25, 0.3) is 5.82 Å². The van der Waals surface area contributed by atoms with Gasteiger partial charge in [0.15, 0.2) is 5.65 Å². The second kappa shape index (κ2) is 5.14. The Morgan fingerprint density at radius 3 is 2.79 bits per heavy atom. The number of hydrogen-bond donors (Lipinski definition) is 1. The number of halogens is 3. The van der Waals surface area contributed by atoms with Crippen LogP contribution in [-0.4, -0.2) is 40.6 Å². The summed E-state index contributed by atoms with van der Waals surface area (Å²) in [5, 5.41) is 21.9. The topological polar surface area (TPSA) is 85.8 Å². The van der Waals surface area contributed by atoms with Crippen LogP contribution in [0.3, 0.4) is 0 Å². The number of rotatable bonds is 2. The highest BCUT2D eigenvalue weighted by Gasteiger charge is 2.37. The van der Waals surface area contributed by atoms with Gasteiger partial charge in [-0.25, -0.2) is 0 Å². The molecule has 126 valence electrons. The molecule has 1 atom stereocenters. The van der Waals surface area contributed by atoms with Gasteiger partial charge in [0, 0.05) is 19.0 Å². The summed E-state index contributed by atoms with van der Waals surface area (Å²) in [4.78, 5) is 0. The third-order valence-electron chi connectivity index (χ3n) is 4.00. The van der Waals surface area contributed by atoms with Crippen LogP contribution in [0.5, 0.6) is 0 Å². The first kappa shape index (κ1) is 14.8. The van der Waals surface area contributed by atoms with Gasteiger partial charge in [-0.2, -0.15) is 17.7 Å². The van der Waals surface area contributed by atoms with Crippen LogP contribution in [0.2, 0.25) is 0 Å². The molecular weight excluding hydrogens is 325 g/mol. The van der Waals surface area contributed by atoms with Crippen molar-refractivity contribution in [1.82, 2.24) is 34.6 Å². The fourth-order valence-corrected chi connectivity index (χ4v) is 2.83.